The van der Waals surface area contributed by atoms with Crippen molar-refractivity contribution in [3.8, 4) is 5.75 Å². The first-order valence-corrected chi connectivity index (χ1v) is 8.60. The molecule has 1 aromatic carbocycles. The topological polar surface area (TPSA) is 71.3 Å². The number of aryl methyl sites for hydroxylation is 2. The molecule has 0 fully saturated rings. The van der Waals surface area contributed by atoms with Gasteiger partial charge in [0.1, 0.15) is 5.56 Å². The first kappa shape index (κ1) is 16.5. The fourth-order valence-corrected chi connectivity index (χ4v) is 3.56. The van der Waals surface area contributed by atoms with Gasteiger partial charge in [-0.05, 0) is 43.0 Å². The Labute approximate surface area is 147 Å². The predicted octanol–water partition coefficient (Wildman–Crippen LogP) is 4.00. The minimum absolute atomic E-state index is 0.261. The molecule has 0 bridgehead atoms. The Morgan fingerprint density at radius 2 is 2.12 bits per heavy atom. The number of fused-ring (bicyclic) bond motifs is 1. The number of benzene rings is 1. The molecule has 0 aliphatic carbocycles. The first-order chi connectivity index (χ1) is 11.4. The SMILES string of the molecule is CCn1c(=O)c(C(=O)Nc2ccc(C)c(Cl)c2)c(O)c2sccc21. The number of aromatic hydroxyl groups is 1. The number of carbonyl (C=O) groups excluding carboxylic acids is 1. The Kier molecular flexibility index (Phi) is 4.34. The number of rotatable bonds is 3. The Hall–Kier alpha value is -2.31. The molecule has 0 radical (unpaired) electrons. The molecular weight excluding hydrogens is 348 g/mol. The van der Waals surface area contributed by atoms with Gasteiger partial charge in [-0.1, -0.05) is 17.7 Å². The summed E-state index contributed by atoms with van der Waals surface area (Å²) in [6, 6.07) is 6.82. The number of pyridine rings is 1. The van der Waals surface area contributed by atoms with Gasteiger partial charge in [-0.15, -0.1) is 11.3 Å². The molecule has 2 aromatic heterocycles. The smallest absolute Gasteiger partial charge is 0.267 e. The number of thiophene rings is 1. The van der Waals surface area contributed by atoms with Crippen LogP contribution in [0.4, 0.5) is 5.69 Å². The Morgan fingerprint density at radius 1 is 1.38 bits per heavy atom. The van der Waals surface area contributed by atoms with Gasteiger partial charge in [0.15, 0.2) is 5.75 Å². The van der Waals surface area contributed by atoms with E-state index in [9.17, 15) is 14.7 Å². The molecule has 24 heavy (non-hydrogen) atoms. The summed E-state index contributed by atoms with van der Waals surface area (Å²) < 4.78 is 1.99. The molecule has 0 unspecified atom stereocenters. The fraction of sp³-hybridized carbons (Fsp3) is 0.176. The van der Waals surface area contributed by atoms with Crippen molar-refractivity contribution in [3.05, 3.63) is 56.1 Å². The maximum Gasteiger partial charge on any atom is 0.267 e. The van der Waals surface area contributed by atoms with E-state index in [1.165, 1.54) is 15.9 Å². The van der Waals surface area contributed by atoms with Crippen LogP contribution in [0, 0.1) is 6.92 Å². The van der Waals surface area contributed by atoms with Crippen molar-refractivity contribution in [2.45, 2.75) is 20.4 Å². The Balaban J connectivity index is 2.09. The molecule has 2 N–H and O–H groups in total. The van der Waals surface area contributed by atoms with Crippen molar-refractivity contribution in [1.29, 1.82) is 0 Å². The van der Waals surface area contributed by atoms with E-state index in [0.29, 0.717) is 27.5 Å². The van der Waals surface area contributed by atoms with Crippen LogP contribution in [-0.4, -0.2) is 15.6 Å². The molecule has 2 heterocycles. The zero-order valence-corrected chi connectivity index (χ0v) is 14.7. The van der Waals surface area contributed by atoms with Crippen LogP contribution in [0.5, 0.6) is 5.75 Å². The molecule has 0 aliphatic heterocycles. The van der Waals surface area contributed by atoms with E-state index in [2.05, 4.69) is 5.32 Å². The third kappa shape index (κ3) is 2.68. The molecule has 3 rings (SSSR count). The zero-order chi connectivity index (χ0) is 17.4. The quantitative estimate of drug-likeness (QED) is 0.739. The van der Waals surface area contributed by atoms with Gasteiger partial charge in [-0.3, -0.25) is 9.59 Å². The molecule has 3 aromatic rings. The number of amides is 1. The number of nitrogens with one attached hydrogen (secondary N) is 1. The molecule has 5 nitrogen and oxygen atoms in total. The third-order valence-corrected chi connectivity index (χ3v) is 5.14. The highest BCUT2D eigenvalue weighted by atomic mass is 35.5. The second-order valence-corrected chi connectivity index (χ2v) is 6.65. The zero-order valence-electron chi connectivity index (χ0n) is 13.1. The molecule has 1 amide bonds. The van der Waals surface area contributed by atoms with E-state index < -0.39 is 11.5 Å². The van der Waals surface area contributed by atoms with Crippen molar-refractivity contribution in [3.63, 3.8) is 0 Å². The van der Waals surface area contributed by atoms with Crippen LogP contribution in [0.3, 0.4) is 0 Å². The number of hydrogen-bond acceptors (Lipinski definition) is 4. The maximum absolute atomic E-state index is 12.6. The van der Waals surface area contributed by atoms with Crippen LogP contribution in [0.2, 0.25) is 5.02 Å². The van der Waals surface area contributed by atoms with E-state index in [1.807, 2.05) is 13.8 Å². The Bertz CT molecular complexity index is 1010. The average Bonchev–Trinajstić information content (AvgIpc) is 3.01. The highest BCUT2D eigenvalue weighted by Gasteiger charge is 2.22. The van der Waals surface area contributed by atoms with Crippen molar-refractivity contribution in [1.82, 2.24) is 4.57 Å². The summed E-state index contributed by atoms with van der Waals surface area (Å²) in [5.74, 6) is -0.944. The summed E-state index contributed by atoms with van der Waals surface area (Å²) in [7, 11) is 0. The predicted molar refractivity (Wildman–Crippen MR) is 97.6 cm³/mol. The number of aromatic nitrogens is 1. The van der Waals surface area contributed by atoms with E-state index in [4.69, 9.17) is 11.6 Å². The monoisotopic (exact) mass is 362 g/mol. The van der Waals surface area contributed by atoms with Crippen molar-refractivity contribution < 1.29 is 9.90 Å². The van der Waals surface area contributed by atoms with Crippen molar-refractivity contribution in [2.24, 2.45) is 0 Å². The fourth-order valence-electron chi connectivity index (χ4n) is 2.53. The van der Waals surface area contributed by atoms with Crippen molar-refractivity contribution in [2.75, 3.05) is 5.32 Å². The molecule has 0 saturated heterocycles. The molecule has 0 spiro atoms. The normalized spacial score (nSPS) is 11.0. The lowest BCUT2D eigenvalue weighted by Gasteiger charge is -2.11. The highest BCUT2D eigenvalue weighted by Crippen LogP contribution is 2.31. The molecule has 0 aliphatic rings. The van der Waals surface area contributed by atoms with E-state index in [-0.39, 0.29) is 11.3 Å². The summed E-state index contributed by atoms with van der Waals surface area (Å²) in [4.78, 5) is 25.2. The molecule has 0 atom stereocenters. The minimum Gasteiger partial charge on any atom is -0.505 e. The summed E-state index contributed by atoms with van der Waals surface area (Å²) >= 11 is 7.34. The number of carbonyl (C=O) groups is 1. The van der Waals surface area contributed by atoms with Gasteiger partial charge in [-0.2, -0.15) is 0 Å². The summed E-state index contributed by atoms with van der Waals surface area (Å²) in [5, 5.41) is 15.3. The van der Waals surface area contributed by atoms with Crippen LogP contribution in [0.1, 0.15) is 22.8 Å². The number of halogens is 1. The van der Waals surface area contributed by atoms with Crippen LogP contribution in [0.25, 0.3) is 10.2 Å². The van der Waals surface area contributed by atoms with Crippen LogP contribution in [-0.2, 0) is 6.54 Å². The van der Waals surface area contributed by atoms with E-state index in [0.717, 1.165) is 5.56 Å². The standard InChI is InChI=1S/C17H15ClN2O3S/c1-3-20-12-6-7-24-15(12)14(21)13(17(20)23)16(22)19-10-5-4-9(2)11(18)8-10/h4-8,21H,3H2,1-2H3,(H,19,22). The third-order valence-electron chi connectivity index (χ3n) is 3.82. The van der Waals surface area contributed by atoms with Gasteiger partial charge in [0, 0.05) is 17.3 Å². The number of nitrogens with zero attached hydrogens (tertiary/aromatic N) is 1. The molecule has 7 heteroatoms. The lowest BCUT2D eigenvalue weighted by atomic mass is 10.2. The minimum atomic E-state index is -0.657. The lowest BCUT2D eigenvalue weighted by molar-refractivity contribution is 0.102. The second kappa shape index (κ2) is 6.30. The number of hydrogen-bond donors (Lipinski definition) is 2. The van der Waals surface area contributed by atoms with Gasteiger partial charge >= 0.3 is 0 Å². The van der Waals surface area contributed by atoms with Gasteiger partial charge in [0.25, 0.3) is 11.5 Å². The number of anilines is 1. The van der Waals surface area contributed by atoms with Gasteiger partial charge in [0.05, 0.1) is 10.2 Å². The summed E-state index contributed by atoms with van der Waals surface area (Å²) in [5.41, 5.74) is 1.19. The van der Waals surface area contributed by atoms with Gasteiger partial charge in [-0.25, -0.2) is 0 Å². The van der Waals surface area contributed by atoms with Gasteiger partial charge in [0.2, 0.25) is 0 Å². The average molecular weight is 363 g/mol. The molecule has 124 valence electrons. The maximum atomic E-state index is 12.6. The highest BCUT2D eigenvalue weighted by molar-refractivity contribution is 7.17. The van der Waals surface area contributed by atoms with Crippen molar-refractivity contribution >= 4 is 44.7 Å². The molecule has 0 saturated carbocycles. The first-order valence-electron chi connectivity index (χ1n) is 7.34. The van der Waals surface area contributed by atoms with Crippen LogP contribution >= 0.6 is 22.9 Å². The van der Waals surface area contributed by atoms with E-state index >= 15 is 0 Å². The molecular formula is C17H15ClN2O3S. The van der Waals surface area contributed by atoms with Gasteiger partial charge < -0.3 is 15.0 Å². The lowest BCUT2D eigenvalue weighted by Crippen LogP contribution is -2.29. The Morgan fingerprint density at radius 3 is 2.79 bits per heavy atom. The second-order valence-electron chi connectivity index (χ2n) is 5.33. The largest absolute Gasteiger partial charge is 0.505 e. The van der Waals surface area contributed by atoms with E-state index in [1.54, 1.807) is 29.6 Å². The summed E-state index contributed by atoms with van der Waals surface area (Å²) in [6.45, 7) is 4.07. The van der Waals surface area contributed by atoms with Crippen LogP contribution < -0.4 is 10.9 Å². The summed E-state index contributed by atoms with van der Waals surface area (Å²) in [6.07, 6.45) is 0. The van der Waals surface area contributed by atoms with Crippen LogP contribution in [0.15, 0.2) is 34.4 Å².